The van der Waals surface area contributed by atoms with E-state index in [0.717, 1.165) is 0 Å². The van der Waals surface area contributed by atoms with E-state index >= 15 is 0 Å². The number of alkyl halides is 1. The predicted molar refractivity (Wildman–Crippen MR) is 54.6 cm³/mol. The van der Waals surface area contributed by atoms with Crippen LogP contribution < -0.4 is 5.56 Å². The molecule has 0 radical (unpaired) electrons. The molecule has 0 aromatic carbocycles. The third-order valence-corrected chi connectivity index (χ3v) is 2.14. The predicted octanol–water partition coefficient (Wildman–Crippen LogP) is 1.09. The van der Waals surface area contributed by atoms with Crippen molar-refractivity contribution in [2.24, 2.45) is 0 Å². The summed E-state index contributed by atoms with van der Waals surface area (Å²) in [4.78, 5) is 18.0. The van der Waals surface area contributed by atoms with Crippen LogP contribution in [-0.2, 0) is 17.0 Å². The van der Waals surface area contributed by atoms with Gasteiger partial charge >= 0.3 is 0 Å². The van der Waals surface area contributed by atoms with Gasteiger partial charge in [0.2, 0.25) is 0 Å². The van der Waals surface area contributed by atoms with Gasteiger partial charge in [0, 0.05) is 19.6 Å². The van der Waals surface area contributed by atoms with Crippen molar-refractivity contribution >= 4 is 11.6 Å². The van der Waals surface area contributed by atoms with Crippen molar-refractivity contribution in [3.8, 4) is 0 Å². The van der Waals surface area contributed by atoms with Gasteiger partial charge < -0.3 is 9.72 Å². The fourth-order valence-electron chi connectivity index (χ4n) is 1.08. The molecule has 0 aliphatic rings. The molecule has 1 atom stereocenters. The fraction of sp³-hybridized carbons (Fsp3) is 0.556. The topological polar surface area (TPSA) is 55.0 Å². The lowest BCUT2D eigenvalue weighted by molar-refractivity contribution is 0.117. The zero-order valence-electron chi connectivity index (χ0n) is 8.21. The van der Waals surface area contributed by atoms with Crippen LogP contribution in [0.1, 0.15) is 18.4 Å². The van der Waals surface area contributed by atoms with Crippen molar-refractivity contribution in [1.82, 2.24) is 9.97 Å². The summed E-state index contributed by atoms with van der Waals surface area (Å²) in [6, 6.07) is 1.40. The van der Waals surface area contributed by atoms with Crippen LogP contribution in [-0.4, -0.2) is 23.2 Å². The largest absolute Gasteiger partial charge is 0.381 e. The summed E-state index contributed by atoms with van der Waals surface area (Å²) >= 11 is 5.59. The highest BCUT2D eigenvalue weighted by atomic mass is 35.5. The van der Waals surface area contributed by atoms with Gasteiger partial charge in [-0.2, -0.15) is 0 Å². The van der Waals surface area contributed by atoms with Crippen molar-refractivity contribution < 1.29 is 4.74 Å². The molecule has 1 aromatic heterocycles. The molecule has 0 aliphatic carbocycles. The highest BCUT2D eigenvalue weighted by Crippen LogP contribution is 2.01. The summed E-state index contributed by atoms with van der Waals surface area (Å²) in [5.41, 5.74) is 0.419. The van der Waals surface area contributed by atoms with Gasteiger partial charge in [0.15, 0.2) is 0 Å². The number of aromatic nitrogens is 2. The minimum Gasteiger partial charge on any atom is -0.381 e. The van der Waals surface area contributed by atoms with Gasteiger partial charge in [0.1, 0.15) is 5.82 Å². The molecular formula is C9H13ClN2O2. The van der Waals surface area contributed by atoms with E-state index in [4.69, 9.17) is 16.3 Å². The number of halogens is 1. The second kappa shape index (κ2) is 5.12. The maximum Gasteiger partial charge on any atom is 0.251 e. The van der Waals surface area contributed by atoms with Gasteiger partial charge in [0.05, 0.1) is 17.7 Å². The Hall–Kier alpha value is -0.870. The first-order valence-electron chi connectivity index (χ1n) is 4.33. The average molecular weight is 217 g/mol. The Balaban J connectivity index is 2.86. The van der Waals surface area contributed by atoms with Crippen LogP contribution in [0.3, 0.4) is 0 Å². The summed E-state index contributed by atoms with van der Waals surface area (Å²) in [5, 5.41) is 0. The number of ether oxygens (including phenoxy) is 1. The van der Waals surface area contributed by atoms with E-state index in [1.807, 2.05) is 6.92 Å². The van der Waals surface area contributed by atoms with Crippen molar-refractivity contribution in [3.63, 3.8) is 0 Å². The molecule has 0 saturated heterocycles. The van der Waals surface area contributed by atoms with Crippen molar-refractivity contribution in [3.05, 3.63) is 27.9 Å². The number of hydrogen-bond acceptors (Lipinski definition) is 3. The van der Waals surface area contributed by atoms with Crippen LogP contribution in [0.2, 0.25) is 0 Å². The molecule has 14 heavy (non-hydrogen) atoms. The molecule has 1 N–H and O–H groups in total. The Kier molecular flexibility index (Phi) is 4.10. The zero-order valence-corrected chi connectivity index (χ0v) is 8.97. The van der Waals surface area contributed by atoms with Gasteiger partial charge in [-0.25, -0.2) is 4.98 Å². The SMILES string of the molecule is COC(C)Cc1nc(CCl)cc(=O)[nH]1. The van der Waals surface area contributed by atoms with Gasteiger partial charge in [0.25, 0.3) is 5.56 Å². The third-order valence-electron chi connectivity index (χ3n) is 1.86. The van der Waals surface area contributed by atoms with Gasteiger partial charge in [-0.05, 0) is 6.92 Å². The molecule has 1 heterocycles. The number of methoxy groups -OCH3 is 1. The summed E-state index contributed by atoms with van der Waals surface area (Å²) in [5.74, 6) is 0.862. The third kappa shape index (κ3) is 3.12. The van der Waals surface area contributed by atoms with Gasteiger partial charge in [-0.15, -0.1) is 11.6 Å². The minimum absolute atomic E-state index is 0.0312. The molecule has 0 fully saturated rings. The van der Waals surface area contributed by atoms with Crippen molar-refractivity contribution in [2.45, 2.75) is 25.3 Å². The maximum atomic E-state index is 11.1. The van der Waals surface area contributed by atoms with Crippen molar-refractivity contribution in [2.75, 3.05) is 7.11 Å². The first kappa shape index (κ1) is 11.2. The number of nitrogens with zero attached hydrogens (tertiary/aromatic N) is 1. The van der Waals surface area contributed by atoms with Crippen LogP contribution in [0.4, 0.5) is 0 Å². The van der Waals surface area contributed by atoms with Gasteiger partial charge in [-0.1, -0.05) is 0 Å². The second-order valence-electron chi connectivity index (χ2n) is 3.07. The molecule has 1 rings (SSSR count). The fourth-order valence-corrected chi connectivity index (χ4v) is 1.22. The first-order chi connectivity index (χ1) is 6.65. The van der Waals surface area contributed by atoms with E-state index in [-0.39, 0.29) is 17.5 Å². The Morgan fingerprint density at radius 2 is 2.43 bits per heavy atom. The lowest BCUT2D eigenvalue weighted by Crippen LogP contribution is -2.17. The number of H-pyrrole nitrogens is 1. The molecule has 0 amide bonds. The molecule has 1 aromatic rings. The number of nitrogens with one attached hydrogen (secondary N) is 1. The Morgan fingerprint density at radius 1 is 1.71 bits per heavy atom. The molecule has 0 aliphatic heterocycles. The number of rotatable bonds is 4. The van der Waals surface area contributed by atoms with Crippen molar-refractivity contribution in [1.29, 1.82) is 0 Å². The highest BCUT2D eigenvalue weighted by molar-refractivity contribution is 6.16. The average Bonchev–Trinajstić information content (AvgIpc) is 2.16. The van der Waals surface area contributed by atoms with E-state index in [0.29, 0.717) is 17.9 Å². The maximum absolute atomic E-state index is 11.1. The van der Waals surface area contributed by atoms with E-state index in [2.05, 4.69) is 9.97 Å². The standard InChI is InChI=1S/C9H13ClN2O2/c1-6(14-2)3-8-11-7(5-10)4-9(13)12-8/h4,6H,3,5H2,1-2H3,(H,11,12,13). The summed E-state index contributed by atoms with van der Waals surface area (Å²) in [7, 11) is 1.62. The quantitative estimate of drug-likeness (QED) is 0.767. The monoisotopic (exact) mass is 216 g/mol. The van der Waals surface area contributed by atoms with Crippen LogP contribution in [0, 0.1) is 0 Å². The molecule has 5 heteroatoms. The normalized spacial score (nSPS) is 12.8. The molecule has 0 saturated carbocycles. The van der Waals surface area contributed by atoms with E-state index < -0.39 is 0 Å². The Labute approximate surface area is 87.3 Å². The molecule has 1 unspecified atom stereocenters. The van der Waals surface area contributed by atoms with Crippen LogP contribution >= 0.6 is 11.6 Å². The number of aromatic amines is 1. The molecule has 0 spiro atoms. The molecule has 4 nitrogen and oxygen atoms in total. The van der Waals surface area contributed by atoms with Crippen LogP contribution in [0.15, 0.2) is 10.9 Å². The molecule has 0 bridgehead atoms. The van der Waals surface area contributed by atoms with E-state index in [1.165, 1.54) is 6.07 Å². The summed E-state index contributed by atoms with van der Waals surface area (Å²) in [6.45, 7) is 1.91. The minimum atomic E-state index is -0.172. The summed E-state index contributed by atoms with van der Waals surface area (Å²) in [6.07, 6.45) is 0.611. The Bertz CT molecular complexity index is 351. The zero-order chi connectivity index (χ0) is 10.6. The summed E-state index contributed by atoms with van der Waals surface area (Å²) < 4.78 is 5.07. The molecule has 78 valence electrons. The van der Waals surface area contributed by atoms with Crippen LogP contribution in [0.5, 0.6) is 0 Å². The molecular weight excluding hydrogens is 204 g/mol. The van der Waals surface area contributed by atoms with E-state index in [1.54, 1.807) is 7.11 Å². The van der Waals surface area contributed by atoms with Gasteiger partial charge in [-0.3, -0.25) is 4.79 Å². The highest BCUT2D eigenvalue weighted by Gasteiger charge is 2.05. The smallest absolute Gasteiger partial charge is 0.251 e. The lowest BCUT2D eigenvalue weighted by Gasteiger charge is -2.08. The second-order valence-corrected chi connectivity index (χ2v) is 3.33. The first-order valence-corrected chi connectivity index (χ1v) is 4.87. The number of hydrogen-bond donors (Lipinski definition) is 1. The van der Waals surface area contributed by atoms with Crippen LogP contribution in [0.25, 0.3) is 0 Å². The Morgan fingerprint density at radius 3 is 3.00 bits per heavy atom. The lowest BCUT2D eigenvalue weighted by atomic mass is 10.2. The van der Waals surface area contributed by atoms with E-state index in [9.17, 15) is 4.79 Å².